The third-order valence-electron chi connectivity index (χ3n) is 3.50. The highest BCUT2D eigenvalue weighted by atomic mass is 28.2. The van der Waals surface area contributed by atoms with Crippen molar-refractivity contribution in [1.82, 2.24) is 0 Å². The van der Waals surface area contributed by atoms with Crippen molar-refractivity contribution >= 4 is 16.5 Å². The first kappa shape index (κ1) is 11.4. The second kappa shape index (κ2) is 5.30. The van der Waals surface area contributed by atoms with Gasteiger partial charge >= 0.3 is 0 Å². The summed E-state index contributed by atoms with van der Waals surface area (Å²) in [7, 11) is 0.511. The van der Waals surface area contributed by atoms with Crippen molar-refractivity contribution < 1.29 is 9.22 Å². The van der Waals surface area contributed by atoms with Gasteiger partial charge in [0.15, 0.2) is 0 Å². The molecule has 0 bridgehead atoms. The van der Waals surface area contributed by atoms with Crippen LogP contribution in [0.3, 0.4) is 0 Å². The van der Waals surface area contributed by atoms with Crippen LogP contribution in [-0.2, 0) is 9.22 Å². The van der Waals surface area contributed by atoms with Crippen LogP contribution in [-0.4, -0.2) is 16.5 Å². The molecule has 1 aromatic rings. The van der Waals surface area contributed by atoms with Gasteiger partial charge in [-0.15, -0.1) is 0 Å². The Labute approximate surface area is 99.5 Å². The summed E-state index contributed by atoms with van der Waals surface area (Å²) in [6, 6.07) is 10.4. The average Bonchev–Trinajstić information content (AvgIpc) is 2.39. The van der Waals surface area contributed by atoms with Gasteiger partial charge in [0.2, 0.25) is 10.5 Å². The van der Waals surface area contributed by atoms with Crippen LogP contribution in [0.1, 0.15) is 37.2 Å². The summed E-state index contributed by atoms with van der Waals surface area (Å²) >= 11 is 0. The molecule has 3 heteroatoms. The molecule has 2 atom stereocenters. The lowest BCUT2D eigenvalue weighted by atomic mass is 9.75. The summed E-state index contributed by atoms with van der Waals surface area (Å²) in [5, 5.41) is 0. The van der Waals surface area contributed by atoms with E-state index in [0.29, 0.717) is 16.4 Å². The lowest BCUT2D eigenvalue weighted by Crippen LogP contribution is -2.27. The van der Waals surface area contributed by atoms with Crippen LogP contribution in [0.4, 0.5) is 0 Å². The molecular formula is C13H18O2Si. The van der Waals surface area contributed by atoms with E-state index in [1.54, 1.807) is 0 Å². The number of hydrogen-bond donors (Lipinski definition) is 0. The Morgan fingerprint density at radius 1 is 1.19 bits per heavy atom. The SMILES string of the molecule is O=C(O[SiH3])C1CCCCC1c1ccccc1. The molecule has 1 aliphatic carbocycles. The molecule has 0 spiro atoms. The van der Waals surface area contributed by atoms with E-state index < -0.39 is 0 Å². The fourth-order valence-corrected chi connectivity index (χ4v) is 2.97. The molecule has 0 heterocycles. The predicted octanol–water partition coefficient (Wildman–Crippen LogP) is 1.78. The van der Waals surface area contributed by atoms with E-state index in [-0.39, 0.29) is 11.9 Å². The summed E-state index contributed by atoms with van der Waals surface area (Å²) in [5.74, 6) is 0.477. The van der Waals surface area contributed by atoms with Crippen molar-refractivity contribution in [3.63, 3.8) is 0 Å². The van der Waals surface area contributed by atoms with Crippen molar-refractivity contribution in [2.24, 2.45) is 5.92 Å². The van der Waals surface area contributed by atoms with Crippen LogP contribution in [0, 0.1) is 5.92 Å². The van der Waals surface area contributed by atoms with E-state index >= 15 is 0 Å². The van der Waals surface area contributed by atoms with Crippen LogP contribution < -0.4 is 0 Å². The van der Waals surface area contributed by atoms with E-state index in [9.17, 15) is 4.79 Å². The summed E-state index contributed by atoms with van der Waals surface area (Å²) in [6.07, 6.45) is 4.49. The summed E-state index contributed by atoms with van der Waals surface area (Å²) < 4.78 is 5.04. The molecule has 2 nitrogen and oxygen atoms in total. The van der Waals surface area contributed by atoms with Crippen molar-refractivity contribution in [2.45, 2.75) is 31.6 Å². The second-order valence-corrected chi connectivity index (χ2v) is 4.84. The minimum absolute atomic E-state index is 0.0141. The Morgan fingerprint density at radius 2 is 1.88 bits per heavy atom. The molecule has 1 aliphatic rings. The zero-order valence-corrected chi connectivity index (χ0v) is 11.7. The topological polar surface area (TPSA) is 26.3 Å². The standard InChI is InChI=1S/C13H18O2Si/c14-13(15-16)12-9-5-4-8-11(12)10-6-2-1-3-7-10/h1-3,6-7,11-12H,4-5,8-9H2,16H3. The number of rotatable bonds is 2. The minimum Gasteiger partial charge on any atom is -0.529 e. The quantitative estimate of drug-likeness (QED) is 0.729. The zero-order chi connectivity index (χ0) is 11.4. The van der Waals surface area contributed by atoms with Gasteiger partial charge in [-0.3, -0.25) is 4.79 Å². The first-order valence-corrected chi connectivity index (χ1v) is 6.77. The van der Waals surface area contributed by atoms with Crippen LogP contribution >= 0.6 is 0 Å². The fourth-order valence-electron chi connectivity index (χ4n) is 2.66. The molecule has 2 unspecified atom stereocenters. The Kier molecular flexibility index (Phi) is 3.77. The minimum atomic E-state index is 0.0141. The van der Waals surface area contributed by atoms with Crippen LogP contribution in [0.2, 0.25) is 0 Å². The number of carbonyl (C=O) groups is 1. The normalized spacial score (nSPS) is 25.2. The molecule has 1 aromatic carbocycles. The van der Waals surface area contributed by atoms with E-state index in [4.69, 9.17) is 4.43 Å². The number of carbonyl (C=O) groups excluding carboxylic acids is 1. The summed E-state index contributed by atoms with van der Waals surface area (Å²) in [4.78, 5) is 11.8. The van der Waals surface area contributed by atoms with Crippen molar-refractivity contribution in [2.75, 3.05) is 0 Å². The molecule has 2 rings (SSSR count). The van der Waals surface area contributed by atoms with Crippen LogP contribution in [0.5, 0.6) is 0 Å². The first-order chi connectivity index (χ1) is 7.83. The van der Waals surface area contributed by atoms with Gasteiger partial charge in [-0.1, -0.05) is 43.2 Å². The molecule has 0 aromatic heterocycles. The van der Waals surface area contributed by atoms with Gasteiger partial charge in [0.25, 0.3) is 5.97 Å². The smallest absolute Gasteiger partial charge is 0.295 e. The molecule has 86 valence electrons. The summed E-state index contributed by atoms with van der Waals surface area (Å²) in [6.45, 7) is 0. The highest BCUT2D eigenvalue weighted by Gasteiger charge is 2.32. The van der Waals surface area contributed by atoms with Gasteiger partial charge < -0.3 is 4.43 Å². The molecule has 0 amide bonds. The monoisotopic (exact) mass is 234 g/mol. The van der Waals surface area contributed by atoms with Crippen LogP contribution in [0.25, 0.3) is 0 Å². The van der Waals surface area contributed by atoms with E-state index in [2.05, 4.69) is 12.1 Å². The second-order valence-electron chi connectivity index (χ2n) is 4.43. The van der Waals surface area contributed by atoms with E-state index in [0.717, 1.165) is 19.3 Å². The van der Waals surface area contributed by atoms with Gasteiger partial charge in [-0.05, 0) is 24.3 Å². The largest absolute Gasteiger partial charge is 0.529 e. The fraction of sp³-hybridized carbons (Fsp3) is 0.462. The Hall–Kier alpha value is -1.09. The molecule has 16 heavy (non-hydrogen) atoms. The Bertz CT molecular complexity index is 350. The molecular weight excluding hydrogens is 216 g/mol. The Morgan fingerprint density at radius 3 is 2.56 bits per heavy atom. The maximum Gasteiger partial charge on any atom is 0.295 e. The third-order valence-corrected chi connectivity index (χ3v) is 3.90. The molecule has 0 N–H and O–H groups in total. The lowest BCUT2D eigenvalue weighted by molar-refractivity contribution is -0.140. The van der Waals surface area contributed by atoms with Gasteiger partial charge in [0.1, 0.15) is 0 Å². The van der Waals surface area contributed by atoms with Crippen molar-refractivity contribution in [1.29, 1.82) is 0 Å². The van der Waals surface area contributed by atoms with E-state index in [1.807, 2.05) is 18.2 Å². The molecule has 1 fully saturated rings. The predicted molar refractivity (Wildman–Crippen MR) is 67.2 cm³/mol. The highest BCUT2D eigenvalue weighted by molar-refractivity contribution is 6.05. The maximum atomic E-state index is 11.8. The molecule has 0 aliphatic heterocycles. The average molecular weight is 234 g/mol. The number of benzene rings is 1. The Balaban J connectivity index is 2.20. The summed E-state index contributed by atoms with van der Waals surface area (Å²) in [5.41, 5.74) is 1.29. The van der Waals surface area contributed by atoms with Gasteiger partial charge in [-0.25, -0.2) is 0 Å². The third kappa shape index (κ3) is 2.35. The number of hydrogen-bond acceptors (Lipinski definition) is 2. The maximum absolute atomic E-state index is 11.8. The van der Waals surface area contributed by atoms with Gasteiger partial charge in [-0.2, -0.15) is 0 Å². The van der Waals surface area contributed by atoms with Crippen LogP contribution in [0.15, 0.2) is 30.3 Å². The van der Waals surface area contributed by atoms with Gasteiger partial charge in [0.05, 0.1) is 5.92 Å². The molecule has 0 radical (unpaired) electrons. The van der Waals surface area contributed by atoms with Crippen molar-refractivity contribution in [3.05, 3.63) is 35.9 Å². The zero-order valence-electron chi connectivity index (χ0n) is 9.69. The van der Waals surface area contributed by atoms with E-state index in [1.165, 1.54) is 12.0 Å². The lowest BCUT2D eigenvalue weighted by Gasteiger charge is -2.30. The first-order valence-electron chi connectivity index (χ1n) is 5.95. The molecule has 1 saturated carbocycles. The highest BCUT2D eigenvalue weighted by Crippen LogP contribution is 2.38. The van der Waals surface area contributed by atoms with Gasteiger partial charge in [0, 0.05) is 0 Å². The van der Waals surface area contributed by atoms with Crippen molar-refractivity contribution in [3.8, 4) is 0 Å². The molecule has 0 saturated heterocycles.